The van der Waals surface area contributed by atoms with E-state index in [0.29, 0.717) is 31.0 Å². The number of hydrogen-bond acceptors (Lipinski definition) is 4. The first-order valence-corrected chi connectivity index (χ1v) is 12.8. The number of phenolic OH excluding ortho intramolecular Hbond substituents is 1. The molecule has 0 radical (unpaired) electrons. The zero-order valence-electron chi connectivity index (χ0n) is 21.3. The van der Waals surface area contributed by atoms with Crippen LogP contribution < -0.4 is 0 Å². The van der Waals surface area contributed by atoms with Crippen LogP contribution in [0.4, 0.5) is 4.79 Å². The van der Waals surface area contributed by atoms with E-state index in [1.165, 1.54) is 24.8 Å². The molecule has 1 saturated carbocycles. The van der Waals surface area contributed by atoms with Crippen LogP contribution >= 0.6 is 0 Å². The first-order valence-electron chi connectivity index (χ1n) is 12.8. The molecule has 9 heteroatoms. The molecule has 192 valence electrons. The lowest BCUT2D eigenvalue weighted by atomic mass is 9.97. The maximum Gasteiger partial charge on any atom is 0.407 e. The van der Waals surface area contributed by atoms with E-state index in [4.69, 9.17) is 4.98 Å². The number of amides is 2. The van der Waals surface area contributed by atoms with Crippen LogP contribution in [0.5, 0.6) is 5.75 Å². The Labute approximate surface area is 214 Å². The Hall–Kier alpha value is -4.01. The number of fused-ring (bicyclic) bond motifs is 3. The lowest BCUT2D eigenvalue weighted by Gasteiger charge is -2.33. The highest BCUT2D eigenvalue weighted by Crippen LogP contribution is 2.39. The van der Waals surface area contributed by atoms with Gasteiger partial charge in [-0.1, -0.05) is 12.1 Å². The molecular formula is C28H31N5O4. The third-order valence-electron chi connectivity index (χ3n) is 7.99. The smallest absolute Gasteiger partial charge is 0.407 e. The summed E-state index contributed by atoms with van der Waals surface area (Å²) in [5.41, 5.74) is 5.11. The summed E-state index contributed by atoms with van der Waals surface area (Å²) in [6, 6.07) is 11.3. The maximum atomic E-state index is 13.4. The van der Waals surface area contributed by atoms with Crippen LogP contribution in [-0.4, -0.2) is 72.3 Å². The molecule has 2 aromatic carbocycles. The Kier molecular flexibility index (Phi) is 5.40. The average Bonchev–Trinajstić information content (AvgIpc) is 3.54. The molecule has 2 aromatic heterocycles. The van der Waals surface area contributed by atoms with Crippen LogP contribution in [0.2, 0.25) is 0 Å². The van der Waals surface area contributed by atoms with Crippen LogP contribution in [0.25, 0.3) is 33.5 Å². The van der Waals surface area contributed by atoms with Crippen molar-refractivity contribution < 1.29 is 19.8 Å². The molecule has 2 N–H and O–H groups in total. The van der Waals surface area contributed by atoms with Gasteiger partial charge in [-0.25, -0.2) is 9.78 Å². The number of para-hydroxylation sites is 1. The molecule has 1 aliphatic carbocycles. The van der Waals surface area contributed by atoms with Crippen molar-refractivity contribution in [2.24, 2.45) is 13.0 Å². The summed E-state index contributed by atoms with van der Waals surface area (Å²) in [7, 11) is 3.52. The summed E-state index contributed by atoms with van der Waals surface area (Å²) in [5.74, 6) is 1.59. The van der Waals surface area contributed by atoms with Crippen molar-refractivity contribution in [2.45, 2.75) is 38.8 Å². The number of phenols is 1. The molecule has 2 amide bonds. The zero-order valence-corrected chi connectivity index (χ0v) is 21.3. The molecule has 2 aliphatic rings. The standard InChI is InChI=1S/C28H31N5O4/c1-16(30(2)28(36)37)14-32-10-9-18-11-22-21(13-20(18)27(32)35)29-26(31(22)3)23-12-19-5-4-6-24(34)25(19)33(23)15-17-7-8-17/h4-6,11-13,16-17,34H,7-10,14-15H2,1-3H3,(H,36,37). The van der Waals surface area contributed by atoms with Crippen LogP contribution in [0.3, 0.4) is 0 Å². The molecule has 4 aromatic rings. The minimum absolute atomic E-state index is 0.0891. The minimum Gasteiger partial charge on any atom is -0.506 e. The number of hydrogen-bond donors (Lipinski definition) is 2. The van der Waals surface area contributed by atoms with Crippen molar-refractivity contribution in [2.75, 3.05) is 20.1 Å². The molecule has 1 atom stereocenters. The summed E-state index contributed by atoms with van der Waals surface area (Å²) >= 11 is 0. The second-order valence-corrected chi connectivity index (χ2v) is 10.5. The molecule has 3 heterocycles. The molecule has 0 spiro atoms. The number of benzene rings is 2. The molecule has 1 aliphatic heterocycles. The van der Waals surface area contributed by atoms with E-state index in [1.54, 1.807) is 11.0 Å². The number of aryl methyl sites for hydroxylation is 1. The molecule has 0 saturated heterocycles. The van der Waals surface area contributed by atoms with E-state index >= 15 is 0 Å². The van der Waals surface area contributed by atoms with E-state index in [0.717, 1.165) is 45.6 Å². The third kappa shape index (κ3) is 3.89. The number of carbonyl (C=O) groups is 2. The lowest BCUT2D eigenvalue weighted by molar-refractivity contribution is 0.0680. The Bertz CT molecular complexity index is 1560. The van der Waals surface area contributed by atoms with Gasteiger partial charge in [0.05, 0.1) is 22.2 Å². The fourth-order valence-corrected chi connectivity index (χ4v) is 5.49. The number of carboxylic acid groups (broad SMARTS) is 1. The zero-order chi connectivity index (χ0) is 26.0. The van der Waals surface area contributed by atoms with E-state index in [9.17, 15) is 19.8 Å². The summed E-state index contributed by atoms with van der Waals surface area (Å²) in [6.07, 6.45) is 2.09. The van der Waals surface area contributed by atoms with Crippen LogP contribution in [-0.2, 0) is 20.0 Å². The first-order chi connectivity index (χ1) is 17.7. The highest BCUT2D eigenvalue weighted by atomic mass is 16.4. The van der Waals surface area contributed by atoms with E-state index in [2.05, 4.69) is 21.3 Å². The number of imidazole rings is 1. The van der Waals surface area contributed by atoms with Gasteiger partial charge in [-0.2, -0.15) is 0 Å². The highest BCUT2D eigenvalue weighted by Gasteiger charge is 2.30. The Morgan fingerprint density at radius 1 is 1.24 bits per heavy atom. The quantitative estimate of drug-likeness (QED) is 0.410. The fraction of sp³-hybridized carbons (Fsp3) is 0.393. The Morgan fingerprint density at radius 2 is 2.03 bits per heavy atom. The molecule has 1 fully saturated rings. The third-order valence-corrected chi connectivity index (χ3v) is 7.99. The summed E-state index contributed by atoms with van der Waals surface area (Å²) in [5, 5.41) is 20.9. The summed E-state index contributed by atoms with van der Waals surface area (Å²) in [6.45, 7) is 3.54. The molecule has 1 unspecified atom stereocenters. The largest absolute Gasteiger partial charge is 0.506 e. The van der Waals surface area contributed by atoms with Gasteiger partial charge >= 0.3 is 6.09 Å². The van der Waals surface area contributed by atoms with Crippen LogP contribution in [0, 0.1) is 5.92 Å². The van der Waals surface area contributed by atoms with Gasteiger partial charge in [0.1, 0.15) is 5.75 Å². The van der Waals surface area contributed by atoms with E-state index in [-0.39, 0.29) is 17.7 Å². The number of aromatic nitrogens is 3. The van der Waals surface area contributed by atoms with Gasteiger partial charge in [0, 0.05) is 50.7 Å². The summed E-state index contributed by atoms with van der Waals surface area (Å²) < 4.78 is 4.27. The molecule has 0 bridgehead atoms. The van der Waals surface area contributed by atoms with Gasteiger partial charge in [-0.3, -0.25) is 4.79 Å². The number of nitrogens with zero attached hydrogens (tertiary/aromatic N) is 5. The Morgan fingerprint density at radius 3 is 2.76 bits per heavy atom. The fourth-order valence-electron chi connectivity index (χ4n) is 5.49. The number of rotatable bonds is 6. The molecular weight excluding hydrogens is 470 g/mol. The molecule has 37 heavy (non-hydrogen) atoms. The van der Waals surface area contributed by atoms with Gasteiger partial charge < -0.3 is 29.1 Å². The summed E-state index contributed by atoms with van der Waals surface area (Å²) in [4.78, 5) is 32.6. The van der Waals surface area contributed by atoms with Crippen molar-refractivity contribution in [3.63, 3.8) is 0 Å². The van der Waals surface area contributed by atoms with Crippen molar-refractivity contribution >= 4 is 33.9 Å². The van der Waals surface area contributed by atoms with Gasteiger partial charge in [-0.05, 0) is 61.9 Å². The number of likely N-dealkylation sites (N-methyl/N-ethyl adjacent to an activating group) is 1. The molecule has 9 nitrogen and oxygen atoms in total. The monoisotopic (exact) mass is 501 g/mol. The predicted molar refractivity (Wildman–Crippen MR) is 141 cm³/mol. The first kappa shape index (κ1) is 23.4. The van der Waals surface area contributed by atoms with Gasteiger partial charge in [0.25, 0.3) is 5.91 Å². The predicted octanol–water partition coefficient (Wildman–Crippen LogP) is 4.31. The van der Waals surface area contributed by atoms with Crippen molar-refractivity contribution in [1.29, 1.82) is 0 Å². The van der Waals surface area contributed by atoms with Crippen molar-refractivity contribution in [1.82, 2.24) is 23.9 Å². The molecule has 6 rings (SSSR count). The van der Waals surface area contributed by atoms with Crippen molar-refractivity contribution in [3.05, 3.63) is 47.5 Å². The van der Waals surface area contributed by atoms with Gasteiger partial charge in [0.2, 0.25) is 0 Å². The average molecular weight is 502 g/mol. The number of aromatic hydroxyl groups is 1. The van der Waals surface area contributed by atoms with E-state index in [1.807, 2.05) is 32.2 Å². The van der Waals surface area contributed by atoms with Crippen LogP contribution in [0.1, 0.15) is 35.7 Å². The lowest BCUT2D eigenvalue weighted by Crippen LogP contribution is -2.47. The SMILES string of the molecule is CC(CN1CCc2cc3c(cc2C1=O)nc(-c1cc2cccc(O)c2n1CC1CC1)n3C)N(C)C(=O)O. The van der Waals surface area contributed by atoms with Gasteiger partial charge in [0.15, 0.2) is 5.82 Å². The maximum absolute atomic E-state index is 13.4. The van der Waals surface area contributed by atoms with E-state index < -0.39 is 6.09 Å². The van der Waals surface area contributed by atoms with Gasteiger partial charge in [-0.15, -0.1) is 0 Å². The highest BCUT2D eigenvalue weighted by molar-refractivity contribution is 6.01. The van der Waals surface area contributed by atoms with Crippen LogP contribution in [0.15, 0.2) is 36.4 Å². The number of carbonyl (C=O) groups excluding carboxylic acids is 1. The second kappa shape index (κ2) is 8.54. The Balaban J connectivity index is 1.40. The topological polar surface area (TPSA) is 104 Å². The minimum atomic E-state index is -1.01. The normalized spacial score (nSPS) is 16.4. The van der Waals surface area contributed by atoms with Crippen molar-refractivity contribution in [3.8, 4) is 17.3 Å². The second-order valence-electron chi connectivity index (χ2n) is 10.5.